The van der Waals surface area contributed by atoms with Crippen LogP contribution >= 0.6 is 0 Å². The van der Waals surface area contributed by atoms with Crippen molar-refractivity contribution in [1.82, 2.24) is 0 Å². The molecule has 0 aliphatic carbocycles. The Kier molecular flexibility index (Phi) is 47.4. The number of nitrogens with zero attached hydrogens (tertiary/aromatic N) is 2. The maximum atomic E-state index is 10.0. The summed E-state index contributed by atoms with van der Waals surface area (Å²) in [5, 5.41) is 18.6. The van der Waals surface area contributed by atoms with Crippen LogP contribution in [0.2, 0.25) is 0 Å². The van der Waals surface area contributed by atoms with Gasteiger partial charge in [-0.15, -0.1) is 20.2 Å². The van der Waals surface area contributed by atoms with E-state index in [1.165, 1.54) is 32.1 Å². The minimum absolute atomic E-state index is 0. The van der Waals surface area contributed by atoms with Crippen molar-refractivity contribution in [1.29, 1.82) is 0 Å². The van der Waals surface area contributed by atoms with Crippen molar-refractivity contribution in [2.24, 2.45) is 23.7 Å². The molecule has 0 aromatic heterocycles. The average Bonchev–Trinajstić information content (AvgIpc) is 2.92. The highest BCUT2D eigenvalue weighted by atomic mass is 17.0. The van der Waals surface area contributed by atoms with Crippen LogP contribution in [-0.4, -0.2) is 48.8 Å². The molecule has 2 unspecified atom stereocenters. The molecule has 0 aromatic carbocycles. The quantitative estimate of drug-likeness (QED) is 0.0572. The summed E-state index contributed by atoms with van der Waals surface area (Å²) in [6, 6.07) is 0. The fraction of sp³-hybridized carbons (Fsp3) is 1.00. The Morgan fingerprint density at radius 1 is 0.511 bits per heavy atom. The molecule has 0 aliphatic heterocycles. The van der Waals surface area contributed by atoms with Crippen LogP contribution in [0.3, 0.4) is 0 Å². The Hall–Kier alpha value is -1.68. The van der Waals surface area contributed by atoms with Crippen molar-refractivity contribution in [3.8, 4) is 0 Å². The van der Waals surface area contributed by atoms with Crippen LogP contribution in [-0.2, 0) is 19.1 Å². The monoisotopic (exact) mass is 655 g/mol. The molecular formula is C35H78N2O8. The van der Waals surface area contributed by atoms with Crippen molar-refractivity contribution in [3.63, 3.8) is 0 Å². The number of unbranched alkanes of at least 4 members (excludes halogenated alkanes) is 3. The highest BCUT2D eigenvalue weighted by Crippen LogP contribution is 2.12. The molecule has 0 amide bonds. The number of hydrogen-bond acceptors (Lipinski definition) is 8. The van der Waals surface area contributed by atoms with E-state index < -0.39 is 16.3 Å². The molecule has 10 nitrogen and oxygen atoms in total. The summed E-state index contributed by atoms with van der Waals surface area (Å²) >= 11 is 0. The summed E-state index contributed by atoms with van der Waals surface area (Å²) in [6.07, 6.45) is 12.7. The van der Waals surface area contributed by atoms with Crippen LogP contribution in [0.25, 0.3) is 0 Å². The van der Waals surface area contributed by atoms with E-state index in [9.17, 15) is 20.2 Å². The second kappa shape index (κ2) is 40.3. The van der Waals surface area contributed by atoms with Gasteiger partial charge < -0.3 is 19.1 Å². The highest BCUT2D eigenvalue weighted by molar-refractivity contribution is 4.55. The van der Waals surface area contributed by atoms with E-state index in [4.69, 9.17) is 9.47 Å². The summed E-state index contributed by atoms with van der Waals surface area (Å²) in [5.74, 6) is 2.84. The Labute approximate surface area is 279 Å². The van der Waals surface area contributed by atoms with Gasteiger partial charge in [0.15, 0.2) is 0 Å². The summed E-state index contributed by atoms with van der Waals surface area (Å²) in [6.45, 7) is 28.3. The molecule has 0 radical (unpaired) electrons. The van der Waals surface area contributed by atoms with Crippen molar-refractivity contribution in [3.05, 3.63) is 20.2 Å². The first-order chi connectivity index (χ1) is 20.7. The zero-order valence-electron chi connectivity index (χ0n) is 30.9. The molecule has 276 valence electrons. The summed E-state index contributed by atoms with van der Waals surface area (Å²) in [5.41, 5.74) is 0. The van der Waals surface area contributed by atoms with E-state index in [1.807, 2.05) is 13.8 Å². The summed E-state index contributed by atoms with van der Waals surface area (Å²) < 4.78 is 10.5. The van der Waals surface area contributed by atoms with E-state index in [-0.39, 0.29) is 13.5 Å². The standard InChI is InChI=1S/C9H19NO4.C9H19NO3.C9H20.C7H16O.CH4/c1-4-9(14-10(11)12)7-13-6-5-8(2)3;1-4-9(13-10(11)12)7-5-6-8(2)3;1-4-5-6-7-8-9(2)3;1-4-5-8-6-7(2)3;/h8-9H,4-7H2,1-3H3;8-9H,4-7H2,1-3H3;9H,4-8H2,1-3H3;7H,4-6H2,1-3H3;1H4. The van der Waals surface area contributed by atoms with Crippen LogP contribution in [0, 0.1) is 43.9 Å². The minimum Gasteiger partial charge on any atom is -0.381 e. The van der Waals surface area contributed by atoms with Gasteiger partial charge in [0.2, 0.25) is 0 Å². The van der Waals surface area contributed by atoms with Gasteiger partial charge in [0, 0.05) is 19.8 Å². The molecule has 45 heavy (non-hydrogen) atoms. The SMILES string of the molecule is C.CCC(CCCC(C)C)O[N+](=O)[O-].CCC(COCCC(C)C)O[N+](=O)[O-].CCCCCCC(C)C.CCCOCC(C)C. The molecule has 2 atom stereocenters. The van der Waals surface area contributed by atoms with E-state index in [2.05, 4.69) is 78.9 Å². The summed E-state index contributed by atoms with van der Waals surface area (Å²) in [4.78, 5) is 29.0. The molecule has 0 saturated carbocycles. The molecular weight excluding hydrogens is 576 g/mol. The molecule has 0 fully saturated rings. The summed E-state index contributed by atoms with van der Waals surface area (Å²) in [7, 11) is 0. The smallest absolute Gasteiger partial charge is 0.294 e. The lowest BCUT2D eigenvalue weighted by Gasteiger charge is -2.13. The lowest BCUT2D eigenvalue weighted by Crippen LogP contribution is -2.22. The molecule has 0 heterocycles. The van der Waals surface area contributed by atoms with Crippen LogP contribution in [0.15, 0.2) is 0 Å². The second-order valence-electron chi connectivity index (χ2n) is 13.0. The van der Waals surface area contributed by atoms with Crippen LogP contribution in [0.4, 0.5) is 0 Å². The van der Waals surface area contributed by atoms with Gasteiger partial charge in [0.25, 0.3) is 10.2 Å². The van der Waals surface area contributed by atoms with Crippen molar-refractivity contribution in [2.45, 2.75) is 180 Å². The number of ether oxygens (including phenoxy) is 2. The van der Waals surface area contributed by atoms with Crippen molar-refractivity contribution < 1.29 is 29.3 Å². The average molecular weight is 655 g/mol. The van der Waals surface area contributed by atoms with Gasteiger partial charge in [0.05, 0.1) is 6.61 Å². The van der Waals surface area contributed by atoms with Crippen LogP contribution in [0.5, 0.6) is 0 Å². The number of hydrogen-bond donors (Lipinski definition) is 0. The Bertz CT molecular complexity index is 590. The van der Waals surface area contributed by atoms with E-state index in [0.29, 0.717) is 43.8 Å². The lowest BCUT2D eigenvalue weighted by atomic mass is 10.0. The van der Waals surface area contributed by atoms with E-state index >= 15 is 0 Å². The van der Waals surface area contributed by atoms with E-state index in [1.54, 1.807) is 0 Å². The zero-order chi connectivity index (χ0) is 34.8. The first-order valence-electron chi connectivity index (χ1n) is 17.4. The largest absolute Gasteiger partial charge is 0.381 e. The maximum Gasteiger partial charge on any atom is 0.294 e. The molecule has 0 bridgehead atoms. The molecule has 0 rings (SSSR count). The lowest BCUT2D eigenvalue weighted by molar-refractivity contribution is -0.769. The molecule has 0 aliphatic rings. The zero-order valence-corrected chi connectivity index (χ0v) is 30.9. The van der Waals surface area contributed by atoms with Gasteiger partial charge in [-0.05, 0) is 55.8 Å². The fourth-order valence-corrected chi connectivity index (χ4v) is 3.53. The molecule has 0 saturated heterocycles. The molecule has 0 aromatic rings. The molecule has 0 spiro atoms. The Morgan fingerprint density at radius 3 is 1.38 bits per heavy atom. The maximum absolute atomic E-state index is 10.0. The first kappa shape index (κ1) is 52.8. The third-order valence-corrected chi connectivity index (χ3v) is 6.27. The molecule has 10 heteroatoms. The minimum atomic E-state index is -0.764. The predicted octanol–water partition coefficient (Wildman–Crippen LogP) is 11.2. The van der Waals surface area contributed by atoms with Gasteiger partial charge in [-0.2, -0.15) is 0 Å². The van der Waals surface area contributed by atoms with Crippen molar-refractivity contribution in [2.75, 3.05) is 26.4 Å². The Morgan fingerprint density at radius 2 is 0.978 bits per heavy atom. The predicted molar refractivity (Wildman–Crippen MR) is 190 cm³/mol. The van der Waals surface area contributed by atoms with Gasteiger partial charge >= 0.3 is 0 Å². The topological polar surface area (TPSA) is 123 Å². The highest BCUT2D eigenvalue weighted by Gasteiger charge is 2.11. The van der Waals surface area contributed by atoms with Gasteiger partial charge in [-0.1, -0.05) is 135 Å². The van der Waals surface area contributed by atoms with E-state index in [0.717, 1.165) is 51.2 Å². The Balaban J connectivity index is -0.000000161. The third-order valence-electron chi connectivity index (χ3n) is 6.27. The normalized spacial score (nSPS) is 11.7. The third kappa shape index (κ3) is 58.4. The van der Waals surface area contributed by atoms with Crippen LogP contribution < -0.4 is 0 Å². The fourth-order valence-electron chi connectivity index (χ4n) is 3.53. The van der Waals surface area contributed by atoms with Crippen LogP contribution in [0.1, 0.15) is 168 Å². The second-order valence-corrected chi connectivity index (χ2v) is 13.0. The molecule has 0 N–H and O–H groups in total. The van der Waals surface area contributed by atoms with Gasteiger partial charge in [-0.3, -0.25) is 0 Å². The van der Waals surface area contributed by atoms with Gasteiger partial charge in [0.1, 0.15) is 12.2 Å². The van der Waals surface area contributed by atoms with Crippen molar-refractivity contribution >= 4 is 0 Å². The number of rotatable bonds is 24. The van der Waals surface area contributed by atoms with Gasteiger partial charge in [-0.25, -0.2) is 0 Å². The first-order valence-corrected chi connectivity index (χ1v) is 17.4.